The van der Waals surface area contributed by atoms with Crippen molar-refractivity contribution in [2.75, 3.05) is 44.8 Å². The van der Waals surface area contributed by atoms with E-state index < -0.39 is 5.63 Å². The van der Waals surface area contributed by atoms with Gasteiger partial charge in [0.05, 0.1) is 24.1 Å². The quantitative estimate of drug-likeness (QED) is 0.351. The summed E-state index contributed by atoms with van der Waals surface area (Å²) in [6.07, 6.45) is -0.0157. The van der Waals surface area contributed by atoms with Crippen molar-refractivity contribution in [3.05, 3.63) is 75.1 Å². The van der Waals surface area contributed by atoms with Gasteiger partial charge in [0.2, 0.25) is 5.91 Å². The first-order valence-corrected chi connectivity index (χ1v) is 11.8. The average molecular weight is 497 g/mol. The Balaban J connectivity index is 1.47. The molecular weight excluding hydrogens is 468 g/mol. The number of hydrogen-bond donors (Lipinski definition) is 0. The van der Waals surface area contributed by atoms with E-state index in [1.165, 1.54) is 0 Å². The monoisotopic (exact) mass is 496 g/mol. The van der Waals surface area contributed by atoms with Crippen molar-refractivity contribution in [2.24, 2.45) is 0 Å². The van der Waals surface area contributed by atoms with Crippen LogP contribution in [0.15, 0.2) is 57.8 Å². The molecule has 1 saturated heterocycles. The molecule has 2 aromatic carbocycles. The maximum Gasteiger partial charge on any atom is 0.340 e. The van der Waals surface area contributed by atoms with Crippen molar-refractivity contribution in [1.29, 1.82) is 0 Å². The molecule has 1 fully saturated rings. The Morgan fingerprint density at radius 3 is 2.46 bits per heavy atom. The summed E-state index contributed by atoms with van der Waals surface area (Å²) >= 11 is 6.40. The Morgan fingerprint density at radius 2 is 1.83 bits per heavy atom. The molecular formula is C27H29ClN2O5. The lowest BCUT2D eigenvalue weighted by Crippen LogP contribution is -2.49. The standard InChI is InChI=1S/C27H29ClN2O5/c1-17(2)16-34-25-15-24-21(13-23(25)28)18(3)22(27(32)35-24)14-26(31)30-11-9-29(10-12-30)19-5-7-20(33-4)8-6-19/h5-8,13,15H,1,9-12,14,16H2,2-4H3. The van der Waals surface area contributed by atoms with Crippen molar-refractivity contribution in [3.63, 3.8) is 0 Å². The second-order valence-electron chi connectivity index (χ2n) is 8.76. The molecule has 2 heterocycles. The third-order valence-corrected chi connectivity index (χ3v) is 6.51. The lowest BCUT2D eigenvalue weighted by atomic mass is 10.0. The highest BCUT2D eigenvalue weighted by Crippen LogP contribution is 2.32. The number of aryl methyl sites for hydroxylation is 1. The fourth-order valence-electron chi connectivity index (χ4n) is 4.18. The third kappa shape index (κ3) is 5.46. The van der Waals surface area contributed by atoms with Gasteiger partial charge >= 0.3 is 5.63 Å². The predicted molar refractivity (Wildman–Crippen MR) is 138 cm³/mol. The lowest BCUT2D eigenvalue weighted by Gasteiger charge is -2.36. The van der Waals surface area contributed by atoms with Crippen LogP contribution in [0.4, 0.5) is 5.69 Å². The SMILES string of the molecule is C=C(C)COc1cc2oc(=O)c(CC(=O)N3CCN(c4ccc(OC)cc4)CC3)c(C)c2cc1Cl. The van der Waals surface area contributed by atoms with E-state index in [0.29, 0.717) is 65.7 Å². The molecule has 0 N–H and O–H groups in total. The van der Waals surface area contributed by atoms with Crippen LogP contribution in [0.25, 0.3) is 11.0 Å². The Labute approximate surface area is 209 Å². The van der Waals surface area contributed by atoms with Crippen LogP contribution in [0, 0.1) is 6.92 Å². The summed E-state index contributed by atoms with van der Waals surface area (Å²) in [6.45, 7) is 10.4. The molecule has 0 spiro atoms. The summed E-state index contributed by atoms with van der Waals surface area (Å²) in [5, 5.41) is 1.09. The fourth-order valence-corrected chi connectivity index (χ4v) is 4.39. The van der Waals surface area contributed by atoms with Crippen LogP contribution in [0.3, 0.4) is 0 Å². The number of rotatable bonds is 7. The molecule has 3 aromatic rings. The van der Waals surface area contributed by atoms with E-state index >= 15 is 0 Å². The number of benzene rings is 2. The van der Waals surface area contributed by atoms with Crippen LogP contribution >= 0.6 is 11.6 Å². The molecule has 0 radical (unpaired) electrons. The minimum absolute atomic E-state index is 0.0157. The summed E-state index contributed by atoms with van der Waals surface area (Å²) in [7, 11) is 1.64. The lowest BCUT2D eigenvalue weighted by molar-refractivity contribution is -0.130. The largest absolute Gasteiger partial charge is 0.497 e. The van der Waals surface area contributed by atoms with Gasteiger partial charge in [0.1, 0.15) is 23.7 Å². The van der Waals surface area contributed by atoms with Gasteiger partial charge in [-0.05, 0) is 55.3 Å². The summed E-state index contributed by atoms with van der Waals surface area (Å²) in [5.41, 5.74) is 2.83. The topological polar surface area (TPSA) is 72.2 Å². The highest BCUT2D eigenvalue weighted by Gasteiger charge is 2.24. The van der Waals surface area contributed by atoms with Crippen molar-refractivity contribution in [1.82, 2.24) is 4.90 Å². The number of halogens is 1. The molecule has 0 aliphatic carbocycles. The van der Waals surface area contributed by atoms with Crippen molar-refractivity contribution < 1.29 is 18.7 Å². The van der Waals surface area contributed by atoms with E-state index in [1.807, 2.05) is 38.1 Å². The van der Waals surface area contributed by atoms with Gasteiger partial charge < -0.3 is 23.7 Å². The van der Waals surface area contributed by atoms with E-state index in [1.54, 1.807) is 24.1 Å². The number of ether oxygens (including phenoxy) is 2. The van der Waals surface area contributed by atoms with Gasteiger partial charge in [0.25, 0.3) is 0 Å². The number of fused-ring (bicyclic) bond motifs is 1. The first-order valence-electron chi connectivity index (χ1n) is 11.5. The second-order valence-corrected chi connectivity index (χ2v) is 9.17. The number of nitrogens with zero attached hydrogens (tertiary/aromatic N) is 2. The zero-order valence-corrected chi connectivity index (χ0v) is 21.0. The predicted octanol–water partition coefficient (Wildman–Crippen LogP) is 4.61. The van der Waals surface area contributed by atoms with Crippen LogP contribution in [0.2, 0.25) is 5.02 Å². The van der Waals surface area contributed by atoms with Crippen LogP contribution in [0.5, 0.6) is 11.5 Å². The summed E-state index contributed by atoms with van der Waals surface area (Å²) in [6, 6.07) is 11.2. The van der Waals surface area contributed by atoms with Gasteiger partial charge in [0, 0.05) is 43.3 Å². The van der Waals surface area contributed by atoms with Gasteiger partial charge in [-0.3, -0.25) is 4.79 Å². The second kappa shape index (κ2) is 10.4. The minimum atomic E-state index is -0.520. The molecule has 0 unspecified atom stereocenters. The maximum absolute atomic E-state index is 13.1. The number of carbonyl (C=O) groups excluding carboxylic acids is 1. The van der Waals surface area contributed by atoms with Crippen LogP contribution in [-0.2, 0) is 11.2 Å². The first kappa shape index (κ1) is 24.7. The minimum Gasteiger partial charge on any atom is -0.497 e. The van der Waals surface area contributed by atoms with Gasteiger partial charge in [-0.1, -0.05) is 18.2 Å². The van der Waals surface area contributed by atoms with Crippen LogP contribution in [-0.4, -0.2) is 50.7 Å². The Morgan fingerprint density at radius 1 is 1.14 bits per heavy atom. The molecule has 7 nitrogen and oxygen atoms in total. The molecule has 0 saturated carbocycles. The van der Waals surface area contributed by atoms with Gasteiger partial charge in [0.15, 0.2) is 0 Å². The smallest absolute Gasteiger partial charge is 0.340 e. The van der Waals surface area contributed by atoms with E-state index in [4.69, 9.17) is 25.5 Å². The number of anilines is 1. The molecule has 1 aliphatic heterocycles. The highest BCUT2D eigenvalue weighted by molar-refractivity contribution is 6.32. The van der Waals surface area contributed by atoms with Gasteiger partial charge in [-0.2, -0.15) is 0 Å². The Hall–Kier alpha value is -3.45. The van der Waals surface area contributed by atoms with Crippen molar-refractivity contribution in [2.45, 2.75) is 20.3 Å². The summed E-state index contributed by atoms with van der Waals surface area (Å²) < 4.78 is 16.4. The van der Waals surface area contributed by atoms with Crippen LogP contribution < -0.4 is 20.0 Å². The molecule has 0 atom stereocenters. The normalized spacial score (nSPS) is 13.7. The van der Waals surface area contributed by atoms with E-state index in [-0.39, 0.29) is 12.3 Å². The summed E-state index contributed by atoms with van der Waals surface area (Å²) in [4.78, 5) is 29.9. The van der Waals surface area contributed by atoms with E-state index in [9.17, 15) is 9.59 Å². The van der Waals surface area contributed by atoms with E-state index in [2.05, 4.69) is 11.5 Å². The molecule has 1 amide bonds. The molecule has 1 aromatic heterocycles. The summed E-state index contributed by atoms with van der Waals surface area (Å²) in [5.74, 6) is 1.13. The van der Waals surface area contributed by atoms with Crippen LogP contribution in [0.1, 0.15) is 18.1 Å². The maximum atomic E-state index is 13.1. The zero-order chi connectivity index (χ0) is 25.1. The Bertz CT molecular complexity index is 1310. The molecule has 8 heteroatoms. The Kier molecular flexibility index (Phi) is 7.36. The molecule has 35 heavy (non-hydrogen) atoms. The first-order chi connectivity index (χ1) is 16.8. The van der Waals surface area contributed by atoms with Gasteiger partial charge in [-0.15, -0.1) is 0 Å². The third-order valence-electron chi connectivity index (χ3n) is 6.21. The highest BCUT2D eigenvalue weighted by atomic mass is 35.5. The zero-order valence-electron chi connectivity index (χ0n) is 20.2. The van der Waals surface area contributed by atoms with E-state index in [0.717, 1.165) is 17.0 Å². The van der Waals surface area contributed by atoms with Gasteiger partial charge in [-0.25, -0.2) is 4.79 Å². The molecule has 184 valence electrons. The number of piperazine rings is 1. The molecule has 1 aliphatic rings. The number of amides is 1. The van der Waals surface area contributed by atoms with Crippen molar-refractivity contribution in [3.8, 4) is 11.5 Å². The molecule has 0 bridgehead atoms. The number of hydrogen-bond acceptors (Lipinski definition) is 6. The fraction of sp³-hybridized carbons (Fsp3) is 0.333. The average Bonchev–Trinajstić information content (AvgIpc) is 2.86. The molecule has 4 rings (SSSR count). The number of carbonyl (C=O) groups is 1. The number of methoxy groups -OCH3 is 1. The van der Waals surface area contributed by atoms with Crippen molar-refractivity contribution >= 4 is 34.2 Å².